The fourth-order valence-corrected chi connectivity index (χ4v) is 6.53. The van der Waals surface area contributed by atoms with E-state index in [9.17, 15) is 9.59 Å². The van der Waals surface area contributed by atoms with Gasteiger partial charge < -0.3 is 14.4 Å². The summed E-state index contributed by atoms with van der Waals surface area (Å²) in [7, 11) is 3.04. The highest BCUT2D eigenvalue weighted by molar-refractivity contribution is 6.68. The number of aromatic amines is 1. The minimum Gasteiger partial charge on any atom is -0.496 e. The number of methoxy groups -OCH3 is 2. The number of aromatic nitrogens is 10. The quantitative estimate of drug-likeness (QED) is 0.0961. The predicted molar refractivity (Wildman–Crippen MR) is 267 cm³/mol. The van der Waals surface area contributed by atoms with Gasteiger partial charge in [0.05, 0.1) is 36.5 Å². The van der Waals surface area contributed by atoms with Gasteiger partial charge in [-0.15, -0.1) is 5.10 Å². The van der Waals surface area contributed by atoms with Gasteiger partial charge in [-0.25, -0.2) is 29.9 Å². The number of para-hydroxylation sites is 2. The number of H-pyrrole nitrogens is 1. The molecule has 68 heavy (non-hydrogen) atoms. The summed E-state index contributed by atoms with van der Waals surface area (Å²) in [4.78, 5) is 51.3. The number of nitrogens with one attached hydrogen (secondary N) is 1. The Kier molecular flexibility index (Phi) is 22.7. The Balaban J connectivity index is 0.000000221. The van der Waals surface area contributed by atoms with Crippen molar-refractivity contribution >= 4 is 22.8 Å². The van der Waals surface area contributed by atoms with Crippen LogP contribution in [0.15, 0.2) is 147 Å². The fraction of sp³-hybridized carbons (Fsp3) is 0.269. The molecule has 8 aromatic rings. The number of hydrogen-bond acceptors (Lipinski definition) is 13. The van der Waals surface area contributed by atoms with Crippen LogP contribution in [0.3, 0.4) is 0 Å². The molecule has 0 radical (unpaired) electrons. The summed E-state index contributed by atoms with van der Waals surface area (Å²) in [5.41, 5.74) is 4.76. The summed E-state index contributed by atoms with van der Waals surface area (Å²) >= 11 is 5.27. The Hall–Kier alpha value is -7.49. The summed E-state index contributed by atoms with van der Waals surface area (Å²) in [6.07, 6.45) is 12.7. The van der Waals surface area contributed by atoms with Gasteiger partial charge in [-0.2, -0.15) is 9.78 Å². The van der Waals surface area contributed by atoms with Crippen molar-refractivity contribution in [1.82, 2.24) is 54.8 Å². The zero-order valence-corrected chi connectivity index (χ0v) is 40.3. The number of aryl methyl sites for hydroxylation is 4. The molecule has 0 bridgehead atoms. The highest BCUT2D eigenvalue weighted by Gasteiger charge is 2.21. The Bertz CT molecular complexity index is 2670. The Labute approximate surface area is 405 Å². The van der Waals surface area contributed by atoms with Gasteiger partial charge in [-0.05, 0) is 79.5 Å². The van der Waals surface area contributed by atoms with Gasteiger partial charge >= 0.3 is 0 Å². The van der Waals surface area contributed by atoms with Crippen molar-refractivity contribution in [1.29, 1.82) is 0 Å². The number of halogens is 1. The lowest BCUT2D eigenvalue weighted by Gasteiger charge is -2.13. The Morgan fingerprint density at radius 3 is 1.56 bits per heavy atom. The molecule has 0 fully saturated rings. The number of benzene rings is 4. The maximum atomic E-state index is 13.3. The van der Waals surface area contributed by atoms with Gasteiger partial charge in [0.2, 0.25) is 0 Å². The lowest BCUT2D eigenvalue weighted by atomic mass is 10.1. The Morgan fingerprint density at radius 1 is 0.632 bits per heavy atom. The summed E-state index contributed by atoms with van der Waals surface area (Å²) in [5.74, 6) is 3.21. The summed E-state index contributed by atoms with van der Waals surface area (Å²) < 4.78 is 17.8. The second kappa shape index (κ2) is 29.9. The molecule has 0 saturated carbocycles. The van der Waals surface area contributed by atoms with Crippen LogP contribution in [0.4, 0.5) is 0 Å². The third kappa shape index (κ3) is 16.7. The average Bonchev–Trinajstić information content (AvgIpc) is 4.08. The minimum absolute atomic E-state index is 0.291. The van der Waals surface area contributed by atoms with E-state index < -0.39 is 5.24 Å². The van der Waals surface area contributed by atoms with Crippen molar-refractivity contribution < 1.29 is 20.4 Å². The first kappa shape index (κ1) is 51.5. The van der Waals surface area contributed by atoms with Crippen LogP contribution in [-0.4, -0.2) is 99.8 Å². The number of hydrogen-bond donors (Lipinski definition) is 1. The first-order valence-electron chi connectivity index (χ1n) is 22.9. The highest BCUT2D eigenvalue weighted by Crippen LogP contribution is 2.22. The van der Waals surface area contributed by atoms with Crippen molar-refractivity contribution in [2.24, 2.45) is 0 Å². The molecule has 354 valence electrons. The molecule has 1 N–H and O–H groups in total. The SMILES string of the molecule is CCN(CC)CC.COc1ccccc1C(=O)Cl.COc1ccccc1C(=O)n1nc(-c2cncnc2)nc1CCc1ccccc1.[2H]CC.c1ccc(CCc2nc(-c3cncnc3)n[nH]2)cc1. The molecule has 15 nitrogen and oxygen atoms in total. The topological polar surface area (TPSA) is 180 Å². The molecule has 16 heteroatoms. The second-order valence-corrected chi connectivity index (χ2v) is 14.5. The van der Waals surface area contributed by atoms with E-state index >= 15 is 0 Å². The van der Waals surface area contributed by atoms with Gasteiger partial charge in [0.15, 0.2) is 11.6 Å². The minimum atomic E-state index is -0.498. The predicted octanol–water partition coefficient (Wildman–Crippen LogP) is 9.71. The van der Waals surface area contributed by atoms with E-state index in [1.807, 2.05) is 42.5 Å². The second-order valence-electron chi connectivity index (χ2n) is 14.2. The normalized spacial score (nSPS) is 10.3. The monoisotopic (exact) mass is 938 g/mol. The highest BCUT2D eigenvalue weighted by atomic mass is 35.5. The molecule has 4 aromatic carbocycles. The molecular formula is C52H60ClN11O4. The molecular weight excluding hydrogens is 878 g/mol. The molecule has 0 aliphatic heterocycles. The van der Waals surface area contributed by atoms with E-state index in [0.717, 1.165) is 36.2 Å². The van der Waals surface area contributed by atoms with E-state index in [2.05, 4.69) is 95.1 Å². The van der Waals surface area contributed by atoms with Gasteiger partial charge in [-0.1, -0.05) is 120 Å². The Morgan fingerprint density at radius 2 is 1.09 bits per heavy atom. The molecule has 8 rings (SSSR count). The van der Waals surface area contributed by atoms with Gasteiger partial charge in [-0.3, -0.25) is 14.7 Å². The van der Waals surface area contributed by atoms with E-state index in [0.29, 0.717) is 59.0 Å². The molecule has 0 spiro atoms. The van der Waals surface area contributed by atoms with Crippen LogP contribution < -0.4 is 9.47 Å². The van der Waals surface area contributed by atoms with Gasteiger partial charge in [0, 0.05) is 39.0 Å². The number of ether oxygens (including phenoxy) is 2. The van der Waals surface area contributed by atoms with Crippen molar-refractivity contribution in [3.8, 4) is 34.3 Å². The van der Waals surface area contributed by atoms with E-state index in [1.54, 1.807) is 74.2 Å². The molecule has 0 aliphatic rings. The largest absolute Gasteiger partial charge is 0.496 e. The maximum Gasteiger partial charge on any atom is 0.283 e. The zero-order valence-electron chi connectivity index (χ0n) is 40.5. The zero-order chi connectivity index (χ0) is 49.6. The van der Waals surface area contributed by atoms with Crippen LogP contribution in [-0.2, 0) is 25.7 Å². The number of carbonyl (C=O) groups excluding carboxylic acids is 2. The summed E-state index contributed by atoms with van der Waals surface area (Å²) in [6, 6.07) is 34.3. The third-order valence-electron chi connectivity index (χ3n) is 10.0. The van der Waals surface area contributed by atoms with Crippen LogP contribution in [0.25, 0.3) is 22.8 Å². The van der Waals surface area contributed by atoms with Crippen molar-refractivity contribution in [3.05, 3.63) is 181 Å². The van der Waals surface area contributed by atoms with Crippen molar-refractivity contribution in [2.75, 3.05) is 33.9 Å². The standard InChI is InChI=1S/C22H19N5O2.C14H13N5.C8H7ClO2.C6H15N.C2H6/c1-29-19-10-6-5-9-18(19)22(28)27-20(12-11-16-7-3-2-4-8-16)25-21(26-27)17-13-23-15-24-14-17;1-2-4-11(5-3-1)6-7-13-17-14(19-18-13)12-8-15-10-16-9-12;1-11-7-5-3-2-4-6(7)8(9)10;1-4-7(5-2)6-3;1-2/h2-10,13-15H,11-12H2,1H3;1-5,8-10H,6-7H2,(H,17,18,19);2-5H,1H3;4-6H2,1-3H3;1-2H3/i;;;;1D. The molecule has 4 heterocycles. The summed E-state index contributed by atoms with van der Waals surface area (Å²) in [6.45, 7) is 12.4. The first-order valence-corrected chi connectivity index (χ1v) is 22.6. The van der Waals surface area contributed by atoms with E-state index in [1.165, 1.54) is 56.8 Å². The van der Waals surface area contributed by atoms with Gasteiger partial charge in [0.1, 0.15) is 35.8 Å². The number of rotatable bonds is 15. The molecule has 0 amide bonds. The first-order chi connectivity index (χ1) is 33.7. The van der Waals surface area contributed by atoms with Crippen LogP contribution in [0.2, 0.25) is 0 Å². The third-order valence-corrected chi connectivity index (χ3v) is 10.2. The molecule has 0 atom stereocenters. The number of nitrogens with zero attached hydrogens (tertiary/aromatic N) is 10. The van der Waals surface area contributed by atoms with E-state index in [-0.39, 0.29) is 5.91 Å². The van der Waals surface area contributed by atoms with Crippen molar-refractivity contribution in [3.63, 3.8) is 0 Å². The average molecular weight is 940 g/mol. The van der Waals surface area contributed by atoms with Crippen LogP contribution in [0.1, 0.15) is 79.5 Å². The van der Waals surface area contributed by atoms with Crippen molar-refractivity contribution in [2.45, 2.75) is 60.3 Å². The number of carbonyl (C=O) groups is 2. The smallest absolute Gasteiger partial charge is 0.283 e. The summed E-state index contributed by atoms with van der Waals surface area (Å²) in [5, 5.41) is 11.1. The molecule has 0 saturated heterocycles. The van der Waals surface area contributed by atoms with E-state index in [4.69, 9.17) is 22.4 Å². The van der Waals surface area contributed by atoms with Crippen LogP contribution in [0, 0.1) is 0 Å². The van der Waals surface area contributed by atoms with Crippen LogP contribution >= 0.6 is 11.6 Å². The lowest BCUT2D eigenvalue weighted by molar-refractivity contribution is 0.0937. The molecule has 0 unspecified atom stereocenters. The lowest BCUT2D eigenvalue weighted by Crippen LogP contribution is -2.21. The molecule has 4 aromatic heterocycles. The van der Waals surface area contributed by atoms with Gasteiger partial charge in [0.25, 0.3) is 11.1 Å². The van der Waals surface area contributed by atoms with Crippen LogP contribution in [0.5, 0.6) is 11.5 Å². The molecule has 0 aliphatic carbocycles. The maximum absolute atomic E-state index is 13.3. The fourth-order valence-electron chi connectivity index (χ4n) is 6.38.